The van der Waals surface area contributed by atoms with Gasteiger partial charge in [0, 0.05) is 18.9 Å². The van der Waals surface area contributed by atoms with E-state index < -0.39 is 23.4 Å². The van der Waals surface area contributed by atoms with Crippen molar-refractivity contribution in [2.45, 2.75) is 72.5 Å². The Morgan fingerprint density at radius 3 is 2.03 bits per heavy atom. The molecule has 0 fully saturated rings. The van der Waals surface area contributed by atoms with E-state index >= 15 is 0 Å². The summed E-state index contributed by atoms with van der Waals surface area (Å²) in [5, 5.41) is 10.4. The Morgan fingerprint density at radius 1 is 0.892 bits per heavy atom. The van der Waals surface area contributed by atoms with E-state index in [4.69, 9.17) is 9.47 Å². The molecule has 1 heterocycles. The third-order valence-corrected chi connectivity index (χ3v) is 5.36. The number of carbonyl (C=O) groups is 3. The molecule has 0 aliphatic rings. The fourth-order valence-electron chi connectivity index (χ4n) is 3.70. The van der Waals surface area contributed by atoms with E-state index in [9.17, 15) is 14.4 Å². The number of fused-ring (bicyclic) bond motifs is 1. The molecule has 198 valence electrons. The van der Waals surface area contributed by atoms with Crippen LogP contribution in [0.25, 0.3) is 22.0 Å². The summed E-state index contributed by atoms with van der Waals surface area (Å²) >= 11 is 0. The Labute approximate surface area is 217 Å². The van der Waals surface area contributed by atoms with Crippen LogP contribution in [0.2, 0.25) is 0 Å². The van der Waals surface area contributed by atoms with Crippen LogP contribution in [0.5, 0.6) is 0 Å². The van der Waals surface area contributed by atoms with Gasteiger partial charge in [-0.2, -0.15) is 4.68 Å². The summed E-state index contributed by atoms with van der Waals surface area (Å²) in [6.07, 6.45) is -1.09. The van der Waals surface area contributed by atoms with E-state index in [0.717, 1.165) is 16.7 Å². The number of anilines is 1. The zero-order valence-corrected chi connectivity index (χ0v) is 22.8. The number of hydrogen-bond acceptors (Lipinski definition) is 6. The molecule has 0 spiro atoms. The van der Waals surface area contributed by atoms with Crippen molar-refractivity contribution in [2.24, 2.45) is 0 Å². The average molecular weight is 509 g/mol. The highest BCUT2D eigenvalue weighted by molar-refractivity contribution is 6.02. The maximum Gasteiger partial charge on any atom is 0.413 e. The molecule has 0 saturated heterocycles. The van der Waals surface area contributed by atoms with Gasteiger partial charge in [0.15, 0.2) is 5.82 Å². The van der Waals surface area contributed by atoms with Crippen LogP contribution in [0.15, 0.2) is 42.5 Å². The number of nitrogens with one attached hydrogen (secondary N) is 2. The summed E-state index contributed by atoms with van der Waals surface area (Å²) in [6.45, 7) is 14.7. The average Bonchev–Trinajstić information content (AvgIpc) is 3.13. The number of carbonyl (C=O) groups excluding carboxylic acids is 3. The predicted molar refractivity (Wildman–Crippen MR) is 144 cm³/mol. The van der Waals surface area contributed by atoms with Crippen LogP contribution < -0.4 is 10.6 Å². The highest BCUT2D eigenvalue weighted by Gasteiger charge is 2.21. The molecular formula is C28H36N4O5. The van der Waals surface area contributed by atoms with Crippen molar-refractivity contribution in [3.63, 3.8) is 0 Å². The number of nitrogens with zero attached hydrogens (tertiary/aromatic N) is 2. The van der Waals surface area contributed by atoms with E-state index in [1.165, 1.54) is 11.6 Å². The minimum absolute atomic E-state index is 0.0856. The molecule has 2 amide bonds. The topological polar surface area (TPSA) is 112 Å². The van der Waals surface area contributed by atoms with Crippen molar-refractivity contribution in [1.29, 1.82) is 0 Å². The maximum absolute atomic E-state index is 12.4. The predicted octanol–water partition coefficient (Wildman–Crippen LogP) is 6.34. The highest BCUT2D eigenvalue weighted by atomic mass is 16.6. The highest BCUT2D eigenvalue weighted by Crippen LogP contribution is 2.30. The van der Waals surface area contributed by atoms with Crippen LogP contribution in [0.4, 0.5) is 15.4 Å². The van der Waals surface area contributed by atoms with Crippen molar-refractivity contribution in [3.05, 3.63) is 48.0 Å². The van der Waals surface area contributed by atoms with E-state index in [-0.39, 0.29) is 17.6 Å². The second-order valence-corrected chi connectivity index (χ2v) is 11.0. The molecular weight excluding hydrogens is 472 g/mol. The molecule has 0 radical (unpaired) electrons. The lowest BCUT2D eigenvalue weighted by Crippen LogP contribution is -2.34. The van der Waals surface area contributed by atoms with Crippen LogP contribution in [-0.4, -0.2) is 45.6 Å². The van der Waals surface area contributed by atoms with Gasteiger partial charge in [-0.1, -0.05) is 37.3 Å². The standard InChI is InChI=1S/C28H36N4O5/c1-17(16-29-25(34)36-27(3,4)5)19-9-11-20(12-10-19)21-13-14-23-22(15-21)24(31-32(23)18(2)33)30-26(35)37-28(6,7)8/h9-15,17H,16H2,1-8H3,(H,29,34)(H,30,31,35). The van der Waals surface area contributed by atoms with Gasteiger partial charge in [0.1, 0.15) is 11.2 Å². The van der Waals surface area contributed by atoms with E-state index in [1.54, 1.807) is 26.8 Å². The molecule has 0 aliphatic heterocycles. The first-order chi connectivity index (χ1) is 17.1. The molecule has 2 aromatic carbocycles. The van der Waals surface area contributed by atoms with Gasteiger partial charge in [0.2, 0.25) is 5.91 Å². The first-order valence-corrected chi connectivity index (χ1v) is 12.2. The van der Waals surface area contributed by atoms with Gasteiger partial charge in [-0.15, -0.1) is 5.10 Å². The number of ether oxygens (including phenoxy) is 2. The van der Waals surface area contributed by atoms with Crippen LogP contribution in [-0.2, 0) is 9.47 Å². The number of aromatic nitrogens is 2. The zero-order valence-electron chi connectivity index (χ0n) is 22.8. The lowest BCUT2D eigenvalue weighted by molar-refractivity contribution is 0.0524. The van der Waals surface area contributed by atoms with Crippen LogP contribution in [0, 0.1) is 0 Å². The van der Waals surface area contributed by atoms with Gasteiger partial charge in [-0.25, -0.2) is 9.59 Å². The third-order valence-electron chi connectivity index (χ3n) is 5.36. The minimum Gasteiger partial charge on any atom is -0.444 e. The normalized spacial score (nSPS) is 12.6. The zero-order chi connectivity index (χ0) is 27.5. The van der Waals surface area contributed by atoms with E-state index in [2.05, 4.69) is 15.7 Å². The molecule has 1 aromatic heterocycles. The van der Waals surface area contributed by atoms with Crippen molar-refractivity contribution in [1.82, 2.24) is 15.1 Å². The monoisotopic (exact) mass is 508 g/mol. The lowest BCUT2D eigenvalue weighted by Gasteiger charge is -2.21. The third kappa shape index (κ3) is 7.55. The maximum atomic E-state index is 12.4. The Morgan fingerprint density at radius 2 is 1.46 bits per heavy atom. The molecule has 37 heavy (non-hydrogen) atoms. The second-order valence-electron chi connectivity index (χ2n) is 11.0. The largest absolute Gasteiger partial charge is 0.444 e. The molecule has 9 nitrogen and oxygen atoms in total. The van der Waals surface area contributed by atoms with E-state index in [1.807, 2.05) is 64.1 Å². The first-order valence-electron chi connectivity index (χ1n) is 12.2. The summed E-state index contributed by atoms with van der Waals surface area (Å²) in [4.78, 5) is 36.5. The number of alkyl carbamates (subject to hydrolysis) is 1. The van der Waals surface area contributed by atoms with Crippen molar-refractivity contribution >= 4 is 34.8 Å². The van der Waals surface area contributed by atoms with Gasteiger partial charge in [-0.05, 0) is 76.3 Å². The molecule has 1 atom stereocenters. The number of benzene rings is 2. The lowest BCUT2D eigenvalue weighted by atomic mass is 9.97. The second kappa shape index (κ2) is 10.6. The Balaban J connectivity index is 1.81. The first kappa shape index (κ1) is 27.7. The van der Waals surface area contributed by atoms with Gasteiger partial charge in [-0.3, -0.25) is 10.1 Å². The number of hydrogen-bond donors (Lipinski definition) is 2. The summed E-state index contributed by atoms with van der Waals surface area (Å²) in [6, 6.07) is 13.6. The Hall–Kier alpha value is -3.88. The van der Waals surface area contributed by atoms with Gasteiger partial charge in [0.05, 0.1) is 5.52 Å². The molecule has 0 aliphatic carbocycles. The van der Waals surface area contributed by atoms with Crippen molar-refractivity contribution in [3.8, 4) is 11.1 Å². The fraction of sp³-hybridized carbons (Fsp3) is 0.429. The summed E-state index contributed by atoms with van der Waals surface area (Å²) < 4.78 is 11.9. The molecule has 3 aromatic rings. The van der Waals surface area contributed by atoms with Crippen LogP contribution >= 0.6 is 0 Å². The summed E-state index contributed by atoms with van der Waals surface area (Å²) in [7, 11) is 0. The van der Waals surface area contributed by atoms with Crippen LogP contribution in [0.3, 0.4) is 0 Å². The summed E-state index contributed by atoms with van der Waals surface area (Å²) in [5.74, 6) is 0.0653. The molecule has 1 unspecified atom stereocenters. The van der Waals surface area contributed by atoms with Crippen molar-refractivity contribution < 1.29 is 23.9 Å². The molecule has 2 N–H and O–H groups in total. The van der Waals surface area contributed by atoms with Gasteiger partial charge >= 0.3 is 12.2 Å². The Kier molecular flexibility index (Phi) is 7.95. The van der Waals surface area contributed by atoms with Gasteiger partial charge in [0.25, 0.3) is 0 Å². The van der Waals surface area contributed by atoms with Gasteiger partial charge < -0.3 is 14.8 Å². The minimum atomic E-state index is -0.671. The SMILES string of the molecule is CC(=O)n1nc(NC(=O)OC(C)(C)C)c2cc(-c3ccc(C(C)CNC(=O)OC(C)(C)C)cc3)ccc21. The molecule has 0 bridgehead atoms. The van der Waals surface area contributed by atoms with Crippen molar-refractivity contribution in [2.75, 3.05) is 11.9 Å². The number of amides is 2. The smallest absolute Gasteiger partial charge is 0.413 e. The molecule has 0 saturated carbocycles. The summed E-state index contributed by atoms with van der Waals surface area (Å²) in [5.41, 5.74) is 2.29. The van der Waals surface area contributed by atoms with Crippen LogP contribution in [0.1, 0.15) is 71.7 Å². The van der Waals surface area contributed by atoms with E-state index in [0.29, 0.717) is 17.4 Å². The molecule has 3 rings (SSSR count). The number of rotatable bonds is 5. The molecule has 9 heteroatoms. The quantitative estimate of drug-likeness (QED) is 0.416. The fourth-order valence-corrected chi connectivity index (χ4v) is 3.70. The Bertz CT molecular complexity index is 1300.